The van der Waals surface area contributed by atoms with Crippen molar-refractivity contribution >= 4 is 17.8 Å². The topological polar surface area (TPSA) is 41.6 Å². The maximum absolute atomic E-state index is 12.5. The number of nitrogens with one attached hydrogen (secondary N) is 1. The van der Waals surface area contributed by atoms with Crippen molar-refractivity contribution in [1.82, 2.24) is 10.2 Å². The van der Waals surface area contributed by atoms with Gasteiger partial charge in [-0.25, -0.2) is 4.79 Å². The van der Waals surface area contributed by atoms with Gasteiger partial charge in [0, 0.05) is 37.6 Å². The highest BCUT2D eigenvalue weighted by Crippen LogP contribution is 2.35. The number of rotatable bonds is 4. The van der Waals surface area contributed by atoms with E-state index in [1.54, 1.807) is 0 Å². The predicted molar refractivity (Wildman–Crippen MR) is 91.2 cm³/mol. The highest BCUT2D eigenvalue weighted by atomic mass is 32.2. The number of amides is 2. The molecule has 0 saturated carbocycles. The molecule has 2 atom stereocenters. The Bertz CT molecular complexity index is 399. The van der Waals surface area contributed by atoms with Crippen molar-refractivity contribution < 1.29 is 9.53 Å². The third-order valence-electron chi connectivity index (χ3n) is 5.32. The molecule has 3 aliphatic rings. The Hall–Kier alpha value is -0.680. The summed E-state index contributed by atoms with van der Waals surface area (Å²) in [7, 11) is 0. The fraction of sp³-hybridized carbons (Fsp3) is 0.824. The molecule has 0 radical (unpaired) electrons. The quantitative estimate of drug-likeness (QED) is 0.809. The summed E-state index contributed by atoms with van der Waals surface area (Å²) in [6.07, 6.45) is 8.92. The molecule has 4 nitrogen and oxygen atoms in total. The summed E-state index contributed by atoms with van der Waals surface area (Å²) in [5, 5.41) is 3.22. The van der Waals surface area contributed by atoms with Crippen molar-refractivity contribution in [3.63, 3.8) is 0 Å². The van der Waals surface area contributed by atoms with Crippen LogP contribution in [-0.2, 0) is 4.74 Å². The van der Waals surface area contributed by atoms with Crippen LogP contribution in [0.3, 0.4) is 0 Å². The third kappa shape index (κ3) is 3.62. The van der Waals surface area contributed by atoms with Gasteiger partial charge in [0.25, 0.3) is 0 Å². The normalized spacial score (nSPS) is 30.1. The third-order valence-corrected chi connectivity index (χ3v) is 6.78. The van der Waals surface area contributed by atoms with Gasteiger partial charge < -0.3 is 15.0 Å². The number of urea groups is 1. The zero-order valence-electron chi connectivity index (χ0n) is 13.6. The van der Waals surface area contributed by atoms with Crippen LogP contribution in [0.1, 0.15) is 32.6 Å². The number of hydrogen-bond acceptors (Lipinski definition) is 3. The second-order valence-electron chi connectivity index (χ2n) is 6.76. The van der Waals surface area contributed by atoms with Crippen molar-refractivity contribution in [2.24, 2.45) is 11.8 Å². The van der Waals surface area contributed by atoms with Crippen molar-refractivity contribution in [2.45, 2.75) is 37.4 Å². The fourth-order valence-corrected chi connectivity index (χ4v) is 5.19. The van der Waals surface area contributed by atoms with E-state index < -0.39 is 0 Å². The first-order valence-corrected chi connectivity index (χ1v) is 9.60. The maximum Gasteiger partial charge on any atom is 0.317 e. The lowest BCUT2D eigenvalue weighted by Gasteiger charge is -2.37. The summed E-state index contributed by atoms with van der Waals surface area (Å²) in [5.41, 5.74) is 0. The van der Waals surface area contributed by atoms with Crippen LogP contribution in [0, 0.1) is 11.8 Å². The van der Waals surface area contributed by atoms with E-state index in [0.29, 0.717) is 11.8 Å². The first kappa shape index (κ1) is 16.2. The van der Waals surface area contributed by atoms with Gasteiger partial charge in [-0.2, -0.15) is 11.8 Å². The summed E-state index contributed by atoms with van der Waals surface area (Å²) in [4.78, 5) is 14.6. The lowest BCUT2D eigenvalue weighted by atomic mass is 9.86. The number of allylic oxidation sites excluding steroid dienone is 2. The molecule has 2 heterocycles. The highest BCUT2D eigenvalue weighted by Gasteiger charge is 2.37. The molecule has 0 bridgehead atoms. The Balaban J connectivity index is 1.51. The molecule has 0 aromatic heterocycles. The molecule has 5 heteroatoms. The average molecular weight is 324 g/mol. The van der Waals surface area contributed by atoms with Gasteiger partial charge in [-0.1, -0.05) is 19.1 Å². The van der Waals surface area contributed by atoms with E-state index in [-0.39, 0.29) is 10.8 Å². The number of thioether (sulfide) groups is 1. The highest BCUT2D eigenvalue weighted by molar-refractivity contribution is 8.00. The minimum atomic E-state index is 0.136. The molecule has 1 N–H and O–H groups in total. The average Bonchev–Trinajstić information content (AvgIpc) is 2.98. The largest absolute Gasteiger partial charge is 0.381 e. The summed E-state index contributed by atoms with van der Waals surface area (Å²) in [6.45, 7) is 6.47. The van der Waals surface area contributed by atoms with E-state index in [2.05, 4.69) is 24.4 Å². The zero-order chi connectivity index (χ0) is 15.4. The standard InChI is InChI=1S/C17H28N2O2S/c1-2-22-17(7-9-21-10-8-17)13-18-16(20)19-11-14-5-3-4-6-15(14)12-19/h3-4,14-15H,2,5-13H2,1H3,(H,18,20). The van der Waals surface area contributed by atoms with Crippen LogP contribution in [-0.4, -0.2) is 54.3 Å². The molecule has 2 fully saturated rings. The summed E-state index contributed by atoms with van der Waals surface area (Å²) in [5.74, 6) is 2.45. The number of carbonyl (C=O) groups is 1. The van der Waals surface area contributed by atoms with Crippen LogP contribution < -0.4 is 5.32 Å². The minimum absolute atomic E-state index is 0.136. The second-order valence-corrected chi connectivity index (χ2v) is 8.49. The van der Waals surface area contributed by atoms with Crippen LogP contribution in [0.5, 0.6) is 0 Å². The molecule has 2 unspecified atom stereocenters. The Kier molecular flexibility index (Phi) is 5.34. The Morgan fingerprint density at radius 3 is 2.50 bits per heavy atom. The number of likely N-dealkylation sites (tertiary alicyclic amines) is 1. The van der Waals surface area contributed by atoms with Gasteiger partial charge >= 0.3 is 6.03 Å². The van der Waals surface area contributed by atoms with Gasteiger partial charge in [-0.15, -0.1) is 0 Å². The zero-order valence-corrected chi connectivity index (χ0v) is 14.4. The smallest absolute Gasteiger partial charge is 0.317 e. The van der Waals surface area contributed by atoms with Gasteiger partial charge in [-0.05, 0) is 43.3 Å². The minimum Gasteiger partial charge on any atom is -0.381 e. The van der Waals surface area contributed by atoms with Crippen molar-refractivity contribution in [3.05, 3.63) is 12.2 Å². The lowest BCUT2D eigenvalue weighted by Crippen LogP contribution is -2.48. The van der Waals surface area contributed by atoms with Crippen LogP contribution in [0.15, 0.2) is 12.2 Å². The Morgan fingerprint density at radius 1 is 1.27 bits per heavy atom. The molecule has 2 aliphatic heterocycles. The predicted octanol–water partition coefficient (Wildman–Crippen LogP) is 2.90. The molecule has 2 saturated heterocycles. The van der Waals surface area contributed by atoms with Crippen molar-refractivity contribution in [1.29, 1.82) is 0 Å². The number of ether oxygens (including phenoxy) is 1. The molecule has 1 aliphatic carbocycles. The molecule has 0 aromatic rings. The molecule has 0 spiro atoms. The van der Waals surface area contributed by atoms with Crippen LogP contribution >= 0.6 is 11.8 Å². The Morgan fingerprint density at radius 2 is 1.91 bits per heavy atom. The first-order chi connectivity index (χ1) is 10.7. The van der Waals surface area contributed by atoms with Gasteiger partial charge in [0.05, 0.1) is 0 Å². The second kappa shape index (κ2) is 7.26. The van der Waals surface area contributed by atoms with Crippen LogP contribution in [0.2, 0.25) is 0 Å². The molecular weight excluding hydrogens is 296 g/mol. The molecular formula is C17H28N2O2S. The van der Waals surface area contributed by atoms with E-state index in [1.807, 2.05) is 16.7 Å². The number of hydrogen-bond donors (Lipinski definition) is 1. The monoisotopic (exact) mass is 324 g/mol. The molecule has 124 valence electrons. The first-order valence-electron chi connectivity index (χ1n) is 8.62. The fourth-order valence-electron chi connectivity index (χ4n) is 3.95. The number of nitrogens with zero attached hydrogens (tertiary/aromatic N) is 1. The lowest BCUT2D eigenvalue weighted by molar-refractivity contribution is 0.0772. The van der Waals surface area contributed by atoms with E-state index in [4.69, 9.17) is 4.74 Å². The van der Waals surface area contributed by atoms with Crippen molar-refractivity contribution in [3.8, 4) is 0 Å². The van der Waals surface area contributed by atoms with Crippen LogP contribution in [0.4, 0.5) is 4.79 Å². The van der Waals surface area contributed by atoms with Gasteiger partial charge in [0.2, 0.25) is 0 Å². The Labute approximate surface area is 138 Å². The molecule has 0 aromatic carbocycles. The molecule has 3 rings (SSSR count). The number of carbonyl (C=O) groups excluding carboxylic acids is 1. The maximum atomic E-state index is 12.5. The van der Waals surface area contributed by atoms with Crippen LogP contribution in [0.25, 0.3) is 0 Å². The molecule has 2 amide bonds. The summed E-state index contributed by atoms with van der Waals surface area (Å²) >= 11 is 1.98. The van der Waals surface area contributed by atoms with Gasteiger partial charge in [0.15, 0.2) is 0 Å². The van der Waals surface area contributed by atoms with Gasteiger partial charge in [-0.3, -0.25) is 0 Å². The molecule has 22 heavy (non-hydrogen) atoms. The van der Waals surface area contributed by atoms with E-state index in [0.717, 1.165) is 64.3 Å². The summed E-state index contributed by atoms with van der Waals surface area (Å²) < 4.78 is 5.68. The van der Waals surface area contributed by atoms with E-state index >= 15 is 0 Å². The summed E-state index contributed by atoms with van der Waals surface area (Å²) in [6, 6.07) is 0.136. The van der Waals surface area contributed by atoms with E-state index in [1.165, 1.54) is 0 Å². The van der Waals surface area contributed by atoms with Crippen molar-refractivity contribution in [2.75, 3.05) is 38.6 Å². The SMILES string of the molecule is CCSC1(CNC(=O)N2CC3CC=CCC3C2)CCOCC1. The van der Waals surface area contributed by atoms with E-state index in [9.17, 15) is 4.79 Å². The number of fused-ring (bicyclic) bond motifs is 1. The van der Waals surface area contributed by atoms with Gasteiger partial charge in [0.1, 0.15) is 0 Å².